The molecule has 0 radical (unpaired) electrons. The van der Waals surface area contributed by atoms with E-state index in [1.54, 1.807) is 9.80 Å². The van der Waals surface area contributed by atoms with E-state index < -0.39 is 0 Å². The summed E-state index contributed by atoms with van der Waals surface area (Å²) in [5.74, 6) is 0.976. The molecule has 1 aliphatic rings. The highest BCUT2D eigenvalue weighted by Crippen LogP contribution is 2.26. The molecule has 0 amide bonds. The number of ether oxygens (including phenoxy) is 1. The molecule has 1 saturated heterocycles. The molecule has 112 valence electrons. The summed E-state index contributed by atoms with van der Waals surface area (Å²) >= 11 is 6.11. The third-order valence-electron chi connectivity index (χ3n) is 4.55. The number of benzene rings is 1. The minimum atomic E-state index is 0.790. The van der Waals surface area contributed by atoms with Crippen LogP contribution in [0, 0.1) is 13.8 Å². The lowest BCUT2D eigenvalue weighted by Crippen LogP contribution is -3.28. The van der Waals surface area contributed by atoms with E-state index in [0.29, 0.717) is 0 Å². The van der Waals surface area contributed by atoms with Crippen LogP contribution in [0.15, 0.2) is 12.1 Å². The van der Waals surface area contributed by atoms with Crippen molar-refractivity contribution in [2.45, 2.75) is 20.8 Å². The molecule has 4 heteroatoms. The number of likely N-dealkylation sites (N-methyl/N-ethyl adjacent to an activating group) is 1. The van der Waals surface area contributed by atoms with Gasteiger partial charge < -0.3 is 14.5 Å². The van der Waals surface area contributed by atoms with Crippen LogP contribution in [0.2, 0.25) is 5.02 Å². The van der Waals surface area contributed by atoms with E-state index in [1.165, 1.54) is 32.7 Å². The van der Waals surface area contributed by atoms with E-state index in [2.05, 4.69) is 13.8 Å². The van der Waals surface area contributed by atoms with Crippen molar-refractivity contribution in [2.24, 2.45) is 0 Å². The average Bonchev–Trinajstić information content (AvgIpc) is 2.48. The molecule has 2 N–H and O–H groups in total. The van der Waals surface area contributed by atoms with Crippen molar-refractivity contribution < 1.29 is 14.5 Å². The largest absolute Gasteiger partial charge is 0.487 e. The predicted molar refractivity (Wildman–Crippen MR) is 83.2 cm³/mol. The number of rotatable bonds is 5. The van der Waals surface area contributed by atoms with Gasteiger partial charge in [0.2, 0.25) is 0 Å². The van der Waals surface area contributed by atoms with Gasteiger partial charge in [-0.3, -0.25) is 0 Å². The Bertz CT molecular complexity index is 442. The Kier molecular flexibility index (Phi) is 5.70. The molecular weight excluding hydrogens is 272 g/mol. The summed E-state index contributed by atoms with van der Waals surface area (Å²) in [6.07, 6.45) is 0. The van der Waals surface area contributed by atoms with E-state index in [9.17, 15) is 0 Å². The van der Waals surface area contributed by atoms with Crippen molar-refractivity contribution in [1.82, 2.24) is 0 Å². The molecule has 0 atom stereocenters. The summed E-state index contributed by atoms with van der Waals surface area (Å²) in [7, 11) is 0. The van der Waals surface area contributed by atoms with E-state index in [-0.39, 0.29) is 0 Å². The van der Waals surface area contributed by atoms with Crippen LogP contribution in [0.25, 0.3) is 0 Å². The summed E-state index contributed by atoms with van der Waals surface area (Å²) in [5.41, 5.74) is 2.28. The number of quaternary nitrogens is 2. The van der Waals surface area contributed by atoms with Gasteiger partial charge >= 0.3 is 0 Å². The SMILES string of the molecule is CC[NH+]1CC[NH+](CCOc2ccc(Cl)c(C)c2C)CC1. The normalized spacial score (nSPS) is 22.8. The average molecular weight is 299 g/mol. The Hall–Kier alpha value is -0.770. The highest BCUT2D eigenvalue weighted by atomic mass is 35.5. The zero-order chi connectivity index (χ0) is 14.5. The van der Waals surface area contributed by atoms with Crippen molar-refractivity contribution in [2.75, 3.05) is 45.9 Å². The zero-order valence-electron chi connectivity index (χ0n) is 12.9. The van der Waals surface area contributed by atoms with Crippen LogP contribution < -0.4 is 14.5 Å². The van der Waals surface area contributed by atoms with Crippen LogP contribution in [0.5, 0.6) is 5.75 Å². The second-order valence-corrected chi connectivity index (χ2v) is 6.15. The number of nitrogens with one attached hydrogen (secondary N) is 2. The van der Waals surface area contributed by atoms with Crippen LogP contribution in [0.3, 0.4) is 0 Å². The van der Waals surface area contributed by atoms with Crippen LogP contribution in [0.4, 0.5) is 0 Å². The highest BCUT2D eigenvalue weighted by Gasteiger charge is 2.21. The predicted octanol–water partition coefficient (Wildman–Crippen LogP) is 0.139. The molecule has 0 bridgehead atoms. The number of hydrogen-bond donors (Lipinski definition) is 2. The van der Waals surface area contributed by atoms with Gasteiger partial charge in [-0.15, -0.1) is 0 Å². The van der Waals surface area contributed by atoms with Gasteiger partial charge in [0.1, 0.15) is 45.1 Å². The van der Waals surface area contributed by atoms with Crippen LogP contribution in [-0.2, 0) is 0 Å². The molecule has 0 saturated carbocycles. The fourth-order valence-electron chi connectivity index (χ4n) is 2.79. The molecule has 1 aromatic carbocycles. The summed E-state index contributed by atoms with van der Waals surface area (Å²) in [5, 5.41) is 0.819. The Morgan fingerprint density at radius 1 is 1.05 bits per heavy atom. The van der Waals surface area contributed by atoms with Gasteiger partial charge in [-0.25, -0.2) is 0 Å². The van der Waals surface area contributed by atoms with E-state index >= 15 is 0 Å². The molecule has 0 aliphatic carbocycles. The third-order valence-corrected chi connectivity index (χ3v) is 4.96. The van der Waals surface area contributed by atoms with Crippen molar-refractivity contribution in [1.29, 1.82) is 0 Å². The maximum absolute atomic E-state index is 6.11. The maximum atomic E-state index is 6.11. The molecule has 2 rings (SSSR count). The highest BCUT2D eigenvalue weighted by molar-refractivity contribution is 6.31. The monoisotopic (exact) mass is 298 g/mol. The van der Waals surface area contributed by atoms with Crippen molar-refractivity contribution in [3.63, 3.8) is 0 Å². The molecule has 20 heavy (non-hydrogen) atoms. The second kappa shape index (κ2) is 7.30. The van der Waals surface area contributed by atoms with Crippen LogP contribution in [0.1, 0.15) is 18.1 Å². The quantitative estimate of drug-likeness (QED) is 0.791. The lowest BCUT2D eigenvalue weighted by atomic mass is 10.1. The van der Waals surface area contributed by atoms with Gasteiger partial charge in [0.15, 0.2) is 0 Å². The van der Waals surface area contributed by atoms with Gasteiger partial charge in [-0.2, -0.15) is 0 Å². The van der Waals surface area contributed by atoms with Gasteiger partial charge in [0, 0.05) is 5.02 Å². The Labute approximate surface area is 127 Å². The van der Waals surface area contributed by atoms with Gasteiger partial charge in [-0.1, -0.05) is 11.6 Å². The lowest BCUT2D eigenvalue weighted by molar-refractivity contribution is -1.01. The Balaban J connectivity index is 1.78. The fraction of sp³-hybridized carbons (Fsp3) is 0.625. The fourth-order valence-corrected chi connectivity index (χ4v) is 2.99. The van der Waals surface area contributed by atoms with Crippen LogP contribution in [-0.4, -0.2) is 45.9 Å². The first-order valence-electron chi connectivity index (χ1n) is 7.67. The summed E-state index contributed by atoms with van der Waals surface area (Å²) in [6.45, 7) is 14.7. The molecular formula is C16H27ClN2O+2. The minimum absolute atomic E-state index is 0.790. The Morgan fingerprint density at radius 3 is 2.35 bits per heavy atom. The second-order valence-electron chi connectivity index (χ2n) is 5.75. The van der Waals surface area contributed by atoms with Crippen molar-refractivity contribution in [3.05, 3.63) is 28.3 Å². The van der Waals surface area contributed by atoms with Crippen LogP contribution >= 0.6 is 11.6 Å². The molecule has 1 aliphatic heterocycles. The molecule has 1 heterocycles. The van der Waals surface area contributed by atoms with Crippen molar-refractivity contribution in [3.8, 4) is 5.75 Å². The van der Waals surface area contributed by atoms with E-state index in [0.717, 1.165) is 35.1 Å². The molecule has 0 unspecified atom stereocenters. The number of hydrogen-bond acceptors (Lipinski definition) is 1. The van der Waals surface area contributed by atoms with Gasteiger partial charge in [0.25, 0.3) is 0 Å². The zero-order valence-corrected chi connectivity index (χ0v) is 13.6. The van der Waals surface area contributed by atoms with Crippen molar-refractivity contribution >= 4 is 11.6 Å². The van der Waals surface area contributed by atoms with E-state index in [4.69, 9.17) is 16.3 Å². The molecule has 1 aromatic rings. The maximum Gasteiger partial charge on any atom is 0.137 e. The minimum Gasteiger partial charge on any atom is -0.487 e. The lowest BCUT2D eigenvalue weighted by Gasteiger charge is -2.28. The summed E-state index contributed by atoms with van der Waals surface area (Å²) in [4.78, 5) is 3.41. The van der Waals surface area contributed by atoms with E-state index in [1.807, 2.05) is 19.1 Å². The summed E-state index contributed by atoms with van der Waals surface area (Å²) < 4.78 is 5.94. The smallest absolute Gasteiger partial charge is 0.137 e. The molecule has 1 fully saturated rings. The molecule has 0 spiro atoms. The summed E-state index contributed by atoms with van der Waals surface area (Å²) in [6, 6.07) is 3.91. The van der Waals surface area contributed by atoms with Gasteiger partial charge in [-0.05, 0) is 44.0 Å². The number of halogens is 1. The topological polar surface area (TPSA) is 18.1 Å². The Morgan fingerprint density at radius 2 is 1.70 bits per heavy atom. The standard InChI is InChI=1S/C16H25ClN2O/c1-4-18-7-9-19(10-8-18)11-12-20-16-6-5-15(17)13(2)14(16)3/h5-6H,4,7-12H2,1-3H3/p+2. The molecule has 3 nitrogen and oxygen atoms in total. The first-order chi connectivity index (χ1) is 9.61. The molecule has 0 aromatic heterocycles. The number of piperazine rings is 1. The first-order valence-corrected chi connectivity index (χ1v) is 8.05. The van der Waals surface area contributed by atoms with Gasteiger partial charge in [0.05, 0.1) is 6.54 Å². The third kappa shape index (κ3) is 3.87. The first kappa shape index (κ1) is 15.6.